The highest BCUT2D eigenvalue weighted by molar-refractivity contribution is 7.52. The molecule has 41 heavy (non-hydrogen) atoms. The zero-order valence-electron chi connectivity index (χ0n) is 25.2. The van der Waals surface area contributed by atoms with Crippen LogP contribution < -0.4 is 5.73 Å². The van der Waals surface area contributed by atoms with Crippen molar-refractivity contribution in [2.24, 2.45) is 0 Å². The molecular weight excluding hydrogens is 541 g/mol. The van der Waals surface area contributed by atoms with Gasteiger partial charge in [-0.2, -0.15) is 0 Å². The van der Waals surface area contributed by atoms with E-state index < -0.39 is 26.0 Å². The van der Waals surface area contributed by atoms with Crippen molar-refractivity contribution < 1.29 is 23.8 Å². The third kappa shape index (κ3) is 11.9. The summed E-state index contributed by atoms with van der Waals surface area (Å²) < 4.78 is 26.0. The minimum Gasteiger partial charge on any atom is -0.394 e. The molecule has 0 amide bonds. The monoisotopic (exact) mass is 595 g/mol. The van der Waals surface area contributed by atoms with E-state index in [9.17, 15) is 14.6 Å². The molecule has 0 bridgehead atoms. The van der Waals surface area contributed by atoms with Gasteiger partial charge in [0, 0.05) is 12.6 Å². The maximum absolute atomic E-state index is 12.8. The zero-order chi connectivity index (χ0) is 29.3. The number of aliphatic hydroxyl groups is 1. The van der Waals surface area contributed by atoms with Crippen molar-refractivity contribution in [1.82, 2.24) is 19.5 Å². The molecule has 0 saturated carbocycles. The van der Waals surface area contributed by atoms with Crippen molar-refractivity contribution in [2.45, 2.75) is 147 Å². The Labute approximate surface area is 246 Å². The zero-order valence-corrected chi connectivity index (χ0v) is 26.1. The number of anilines is 1. The average molecular weight is 596 g/mol. The van der Waals surface area contributed by atoms with E-state index in [0.717, 1.165) is 12.8 Å². The van der Waals surface area contributed by atoms with E-state index in [1.165, 1.54) is 103 Å². The van der Waals surface area contributed by atoms with Gasteiger partial charge in [0.05, 0.1) is 19.0 Å². The topological polar surface area (TPSA) is 146 Å². The molecule has 234 valence electrons. The minimum atomic E-state index is -3.80. The Kier molecular flexibility index (Phi) is 15.6. The van der Waals surface area contributed by atoms with E-state index in [1.54, 1.807) is 10.9 Å². The molecule has 4 atom stereocenters. The predicted molar refractivity (Wildman–Crippen MR) is 164 cm³/mol. The van der Waals surface area contributed by atoms with Gasteiger partial charge in [0.1, 0.15) is 24.2 Å². The molecule has 0 aliphatic carbocycles. The lowest BCUT2D eigenvalue weighted by molar-refractivity contribution is -0.0403. The summed E-state index contributed by atoms with van der Waals surface area (Å²) in [6.45, 7) is 1.96. The van der Waals surface area contributed by atoms with Crippen LogP contribution in [0.25, 0.3) is 11.2 Å². The molecule has 4 N–H and O–H groups in total. The van der Waals surface area contributed by atoms with Gasteiger partial charge in [0.25, 0.3) is 0 Å². The highest BCUT2D eigenvalue weighted by atomic mass is 31.2. The quantitative estimate of drug-likeness (QED) is 0.0889. The molecule has 1 saturated heterocycles. The Balaban J connectivity index is 1.21. The van der Waals surface area contributed by atoms with Crippen molar-refractivity contribution in [3.05, 3.63) is 12.7 Å². The van der Waals surface area contributed by atoms with Gasteiger partial charge in [-0.05, 0) is 6.42 Å². The third-order valence-corrected chi connectivity index (χ3v) is 9.63. The second-order valence-electron chi connectivity index (χ2n) is 11.6. The SMILES string of the molecule is CCCCCCCCCCCCCCCCCCCCP(=O)(O)O[C@H]1C[C@H](n2cnc3c(N)ncnc32)O[C@@H]1CO. The Morgan fingerprint density at radius 3 is 1.98 bits per heavy atom. The maximum Gasteiger partial charge on any atom is 0.328 e. The van der Waals surface area contributed by atoms with Crippen LogP contribution in [0.1, 0.15) is 135 Å². The van der Waals surface area contributed by atoms with Gasteiger partial charge in [-0.15, -0.1) is 0 Å². The van der Waals surface area contributed by atoms with E-state index in [2.05, 4.69) is 21.9 Å². The fraction of sp³-hybridized carbons (Fsp3) is 0.833. The normalized spacial score (nSPS) is 20.6. The van der Waals surface area contributed by atoms with Crippen molar-refractivity contribution >= 4 is 24.6 Å². The lowest BCUT2D eigenvalue weighted by Gasteiger charge is -2.20. The van der Waals surface area contributed by atoms with Crippen LogP contribution in [0.3, 0.4) is 0 Å². The van der Waals surface area contributed by atoms with E-state index in [4.69, 9.17) is 15.0 Å². The van der Waals surface area contributed by atoms with Gasteiger partial charge >= 0.3 is 7.60 Å². The number of aromatic nitrogens is 4. The summed E-state index contributed by atoms with van der Waals surface area (Å²) in [5.41, 5.74) is 6.84. The molecule has 1 fully saturated rings. The van der Waals surface area contributed by atoms with Crippen LogP contribution in [0.2, 0.25) is 0 Å². The second kappa shape index (κ2) is 18.9. The molecule has 2 aromatic rings. The number of imidazole rings is 1. The number of aliphatic hydroxyl groups excluding tert-OH is 1. The summed E-state index contributed by atoms with van der Waals surface area (Å²) in [6.07, 6.45) is 24.3. The standard InChI is InChI=1S/C30H54N5O5P/c1-2-3-4-5-6-7-8-9-10-11-12-13-14-15-16-17-18-19-20-41(37,38)40-25-21-27(39-26(25)22-36)35-24-34-28-29(31)32-23-33-30(28)35/h23-27,36H,2-22H2,1H3,(H,37,38)(H2,31,32,33)/t25-,26+,27+/m0/s1. The molecular formula is C30H54N5O5P. The first-order valence-electron chi connectivity index (χ1n) is 16.1. The van der Waals surface area contributed by atoms with Gasteiger partial charge < -0.3 is 25.0 Å². The molecule has 1 unspecified atom stereocenters. The van der Waals surface area contributed by atoms with Crippen molar-refractivity contribution in [3.63, 3.8) is 0 Å². The number of nitrogens with two attached hydrogens (primary N) is 1. The summed E-state index contributed by atoms with van der Waals surface area (Å²) in [7, 11) is -3.80. The highest BCUT2D eigenvalue weighted by Crippen LogP contribution is 2.48. The maximum atomic E-state index is 12.8. The van der Waals surface area contributed by atoms with Gasteiger partial charge in [-0.1, -0.05) is 116 Å². The van der Waals surface area contributed by atoms with E-state index in [-0.39, 0.29) is 18.6 Å². The van der Waals surface area contributed by atoms with Crippen molar-refractivity contribution in [3.8, 4) is 0 Å². The largest absolute Gasteiger partial charge is 0.394 e. The smallest absolute Gasteiger partial charge is 0.328 e. The van der Waals surface area contributed by atoms with E-state index in [1.807, 2.05) is 0 Å². The molecule has 11 heteroatoms. The molecule has 10 nitrogen and oxygen atoms in total. The number of ether oxygens (including phenoxy) is 1. The Morgan fingerprint density at radius 2 is 1.44 bits per heavy atom. The fourth-order valence-corrected chi connectivity index (χ4v) is 7.08. The van der Waals surface area contributed by atoms with Crippen LogP contribution in [0.15, 0.2) is 12.7 Å². The Morgan fingerprint density at radius 1 is 0.902 bits per heavy atom. The fourth-order valence-electron chi connectivity index (χ4n) is 5.70. The van der Waals surface area contributed by atoms with Crippen molar-refractivity contribution in [1.29, 1.82) is 0 Å². The van der Waals surface area contributed by atoms with Gasteiger partial charge in [-0.3, -0.25) is 9.13 Å². The molecule has 2 aromatic heterocycles. The molecule has 3 heterocycles. The number of rotatable bonds is 23. The molecule has 1 aliphatic heterocycles. The number of nitrogen functional groups attached to an aromatic ring is 1. The second-order valence-corrected chi connectivity index (χ2v) is 13.6. The Hall–Kier alpha value is -1.58. The molecule has 0 aromatic carbocycles. The van der Waals surface area contributed by atoms with Gasteiger partial charge in [0.15, 0.2) is 11.5 Å². The summed E-state index contributed by atoms with van der Waals surface area (Å²) in [4.78, 5) is 22.9. The van der Waals surface area contributed by atoms with Crippen LogP contribution in [0.5, 0.6) is 0 Å². The summed E-state index contributed by atoms with van der Waals surface area (Å²) in [6, 6.07) is 0. The first kappa shape index (κ1) is 33.9. The minimum absolute atomic E-state index is 0.114. The lowest BCUT2D eigenvalue weighted by Crippen LogP contribution is -2.27. The van der Waals surface area contributed by atoms with E-state index in [0.29, 0.717) is 24.0 Å². The first-order chi connectivity index (χ1) is 19.9. The van der Waals surface area contributed by atoms with Crippen LogP contribution in [0, 0.1) is 0 Å². The Bertz CT molecular complexity index is 1040. The van der Waals surface area contributed by atoms with Crippen LogP contribution in [-0.2, 0) is 13.8 Å². The van der Waals surface area contributed by atoms with Gasteiger partial charge in [0.2, 0.25) is 0 Å². The summed E-state index contributed by atoms with van der Waals surface area (Å²) in [5.74, 6) is 0.266. The van der Waals surface area contributed by atoms with Crippen LogP contribution in [-0.4, -0.2) is 54.5 Å². The number of hydrogen-bond donors (Lipinski definition) is 3. The lowest BCUT2D eigenvalue weighted by atomic mass is 10.0. The number of nitrogens with zero attached hydrogens (tertiary/aromatic N) is 4. The average Bonchev–Trinajstić information content (AvgIpc) is 3.56. The van der Waals surface area contributed by atoms with Crippen molar-refractivity contribution in [2.75, 3.05) is 18.5 Å². The van der Waals surface area contributed by atoms with Crippen LogP contribution >= 0.6 is 7.60 Å². The summed E-state index contributed by atoms with van der Waals surface area (Å²) in [5, 5.41) is 9.80. The number of hydrogen-bond acceptors (Lipinski definition) is 8. The third-order valence-electron chi connectivity index (χ3n) is 8.15. The van der Waals surface area contributed by atoms with E-state index >= 15 is 0 Å². The molecule has 0 spiro atoms. The molecule has 3 rings (SSSR count). The molecule has 0 radical (unpaired) electrons. The number of unbranched alkanes of at least 4 members (excludes halogenated alkanes) is 17. The summed E-state index contributed by atoms with van der Waals surface area (Å²) >= 11 is 0. The van der Waals surface area contributed by atoms with Crippen LogP contribution in [0.4, 0.5) is 5.82 Å². The predicted octanol–water partition coefficient (Wildman–Crippen LogP) is 7.30. The first-order valence-corrected chi connectivity index (χ1v) is 17.9. The highest BCUT2D eigenvalue weighted by Gasteiger charge is 2.41. The van der Waals surface area contributed by atoms with Gasteiger partial charge in [-0.25, -0.2) is 15.0 Å². The molecule has 1 aliphatic rings. The number of fused-ring (bicyclic) bond motifs is 1.